The van der Waals surface area contributed by atoms with Crippen LogP contribution in [0.1, 0.15) is 18.7 Å². The molecule has 0 aliphatic carbocycles. The molecule has 1 saturated heterocycles. The normalized spacial score (nSPS) is 17.1. The predicted octanol–water partition coefficient (Wildman–Crippen LogP) is 1.92. The van der Waals surface area contributed by atoms with E-state index in [4.69, 9.17) is 14.7 Å². The smallest absolute Gasteiger partial charge is 0.241 e. The number of nitrogens with two attached hydrogens (primary N) is 1. The van der Waals surface area contributed by atoms with E-state index in [0.29, 0.717) is 29.9 Å². The molecule has 2 N–H and O–H groups in total. The summed E-state index contributed by atoms with van der Waals surface area (Å²) in [5, 5.41) is 3.93. The molecular weight excluding hydrogens is 280 g/mol. The fourth-order valence-electron chi connectivity index (χ4n) is 2.40. The van der Waals surface area contributed by atoms with E-state index in [1.165, 1.54) is 0 Å². The summed E-state index contributed by atoms with van der Waals surface area (Å²) in [6.07, 6.45) is 3.90. The Bertz CT molecular complexity index is 506. The van der Waals surface area contributed by atoms with E-state index < -0.39 is 0 Å². The molecule has 2 aromatic heterocycles. The SMILES string of the molecule is Cl.NCC1CCN(Cc2nc(-c3ccco3)no2)CC1. The molecule has 0 amide bonds. The van der Waals surface area contributed by atoms with Gasteiger partial charge in [-0.05, 0) is 50.5 Å². The molecule has 0 aromatic carbocycles. The lowest BCUT2D eigenvalue weighted by molar-refractivity contribution is 0.161. The monoisotopic (exact) mass is 298 g/mol. The van der Waals surface area contributed by atoms with Crippen molar-refractivity contribution < 1.29 is 8.94 Å². The Morgan fingerprint density at radius 3 is 2.80 bits per heavy atom. The van der Waals surface area contributed by atoms with Gasteiger partial charge >= 0.3 is 0 Å². The van der Waals surface area contributed by atoms with Crippen LogP contribution >= 0.6 is 12.4 Å². The topological polar surface area (TPSA) is 81.3 Å². The quantitative estimate of drug-likeness (QED) is 0.929. The highest BCUT2D eigenvalue weighted by Gasteiger charge is 2.20. The second-order valence-corrected chi connectivity index (χ2v) is 4.94. The summed E-state index contributed by atoms with van der Waals surface area (Å²) in [4.78, 5) is 6.67. The molecule has 0 unspecified atom stereocenters. The number of hydrogen-bond acceptors (Lipinski definition) is 6. The molecule has 0 saturated carbocycles. The minimum atomic E-state index is 0. The minimum Gasteiger partial charge on any atom is -0.461 e. The third-order valence-corrected chi connectivity index (χ3v) is 3.61. The Hall–Kier alpha value is -1.37. The maximum atomic E-state index is 5.69. The van der Waals surface area contributed by atoms with Crippen LogP contribution < -0.4 is 5.73 Å². The van der Waals surface area contributed by atoms with Gasteiger partial charge in [0.15, 0.2) is 5.76 Å². The number of halogens is 1. The van der Waals surface area contributed by atoms with Crippen LogP contribution in [0, 0.1) is 5.92 Å². The van der Waals surface area contributed by atoms with Crippen molar-refractivity contribution in [3.05, 3.63) is 24.3 Å². The third-order valence-electron chi connectivity index (χ3n) is 3.61. The van der Waals surface area contributed by atoms with Crippen molar-refractivity contribution in [3.63, 3.8) is 0 Å². The van der Waals surface area contributed by atoms with Gasteiger partial charge in [-0.1, -0.05) is 5.16 Å². The van der Waals surface area contributed by atoms with E-state index in [9.17, 15) is 0 Å². The molecule has 0 spiro atoms. The number of likely N-dealkylation sites (tertiary alicyclic amines) is 1. The second kappa shape index (κ2) is 6.88. The van der Waals surface area contributed by atoms with Crippen LogP contribution in [0.25, 0.3) is 11.6 Å². The van der Waals surface area contributed by atoms with Crippen LogP contribution in [0.15, 0.2) is 27.3 Å². The van der Waals surface area contributed by atoms with Crippen molar-refractivity contribution >= 4 is 12.4 Å². The van der Waals surface area contributed by atoms with E-state index >= 15 is 0 Å². The number of rotatable bonds is 4. The number of nitrogens with zero attached hydrogens (tertiary/aromatic N) is 3. The lowest BCUT2D eigenvalue weighted by atomic mass is 9.97. The van der Waals surface area contributed by atoms with Crippen molar-refractivity contribution in [3.8, 4) is 11.6 Å². The highest BCUT2D eigenvalue weighted by molar-refractivity contribution is 5.85. The first kappa shape index (κ1) is 15.0. The first-order valence-corrected chi connectivity index (χ1v) is 6.64. The average Bonchev–Trinajstić information content (AvgIpc) is 3.10. The average molecular weight is 299 g/mol. The highest BCUT2D eigenvalue weighted by atomic mass is 35.5. The number of piperidine rings is 1. The van der Waals surface area contributed by atoms with Gasteiger partial charge in [0.1, 0.15) is 0 Å². The van der Waals surface area contributed by atoms with E-state index in [1.807, 2.05) is 12.1 Å². The van der Waals surface area contributed by atoms with Gasteiger partial charge in [0, 0.05) is 0 Å². The molecule has 1 aliphatic heterocycles. The highest BCUT2D eigenvalue weighted by Crippen LogP contribution is 2.19. The lowest BCUT2D eigenvalue weighted by Gasteiger charge is -2.30. The van der Waals surface area contributed by atoms with Gasteiger partial charge in [-0.15, -0.1) is 12.4 Å². The maximum Gasteiger partial charge on any atom is 0.241 e. The zero-order valence-corrected chi connectivity index (χ0v) is 12.0. The molecule has 110 valence electrons. The van der Waals surface area contributed by atoms with Gasteiger partial charge < -0.3 is 14.7 Å². The number of furan rings is 1. The van der Waals surface area contributed by atoms with Crippen molar-refractivity contribution in [2.75, 3.05) is 19.6 Å². The first-order valence-electron chi connectivity index (χ1n) is 6.64. The van der Waals surface area contributed by atoms with Crippen LogP contribution in [-0.2, 0) is 6.54 Å². The molecule has 2 aromatic rings. The fourth-order valence-corrected chi connectivity index (χ4v) is 2.40. The Labute approximate surface area is 123 Å². The molecule has 6 nitrogen and oxygen atoms in total. The van der Waals surface area contributed by atoms with Crippen molar-refractivity contribution in [1.29, 1.82) is 0 Å². The number of aromatic nitrogens is 2. The summed E-state index contributed by atoms with van der Waals surface area (Å²) in [5.41, 5.74) is 5.69. The van der Waals surface area contributed by atoms with Crippen LogP contribution in [0.2, 0.25) is 0 Å². The van der Waals surface area contributed by atoms with E-state index in [0.717, 1.165) is 32.5 Å². The molecule has 0 atom stereocenters. The van der Waals surface area contributed by atoms with Crippen LogP contribution in [0.3, 0.4) is 0 Å². The van der Waals surface area contributed by atoms with Crippen molar-refractivity contribution in [2.45, 2.75) is 19.4 Å². The Morgan fingerprint density at radius 2 is 2.15 bits per heavy atom. The standard InChI is InChI=1S/C13H18N4O2.ClH/c14-8-10-3-5-17(6-4-10)9-12-15-13(16-19-12)11-2-1-7-18-11;/h1-2,7,10H,3-6,8-9,14H2;1H. The zero-order valence-electron chi connectivity index (χ0n) is 11.2. The van der Waals surface area contributed by atoms with E-state index in [2.05, 4.69) is 15.0 Å². The summed E-state index contributed by atoms with van der Waals surface area (Å²) in [7, 11) is 0. The van der Waals surface area contributed by atoms with Gasteiger partial charge in [-0.25, -0.2) is 0 Å². The minimum absolute atomic E-state index is 0. The molecule has 7 heteroatoms. The first-order chi connectivity index (χ1) is 9.35. The van der Waals surface area contributed by atoms with Crippen molar-refractivity contribution in [2.24, 2.45) is 11.7 Å². The summed E-state index contributed by atoms with van der Waals surface area (Å²) < 4.78 is 10.5. The van der Waals surface area contributed by atoms with Crippen LogP contribution in [-0.4, -0.2) is 34.7 Å². The summed E-state index contributed by atoms with van der Waals surface area (Å²) >= 11 is 0. The molecule has 3 rings (SSSR count). The Balaban J connectivity index is 0.00000147. The molecule has 0 radical (unpaired) electrons. The van der Waals surface area contributed by atoms with E-state index in [-0.39, 0.29) is 12.4 Å². The molecule has 3 heterocycles. The third kappa shape index (κ3) is 3.39. The Kier molecular flexibility index (Phi) is 5.17. The molecule has 20 heavy (non-hydrogen) atoms. The van der Waals surface area contributed by atoms with Crippen LogP contribution in [0.5, 0.6) is 0 Å². The predicted molar refractivity (Wildman–Crippen MR) is 76.3 cm³/mol. The van der Waals surface area contributed by atoms with Gasteiger partial charge in [0.2, 0.25) is 11.7 Å². The van der Waals surface area contributed by atoms with E-state index in [1.54, 1.807) is 6.26 Å². The lowest BCUT2D eigenvalue weighted by Crippen LogP contribution is -2.35. The van der Waals surface area contributed by atoms with Crippen molar-refractivity contribution in [1.82, 2.24) is 15.0 Å². The van der Waals surface area contributed by atoms with Gasteiger partial charge in [0.05, 0.1) is 12.8 Å². The Morgan fingerprint density at radius 1 is 1.35 bits per heavy atom. The summed E-state index contributed by atoms with van der Waals surface area (Å²) in [5.74, 6) is 2.45. The molecule has 0 bridgehead atoms. The largest absolute Gasteiger partial charge is 0.461 e. The van der Waals surface area contributed by atoms with Gasteiger partial charge in [-0.2, -0.15) is 4.98 Å². The second-order valence-electron chi connectivity index (χ2n) is 4.94. The molecule has 1 aliphatic rings. The van der Waals surface area contributed by atoms with Gasteiger partial charge in [0.25, 0.3) is 0 Å². The number of hydrogen-bond donors (Lipinski definition) is 1. The van der Waals surface area contributed by atoms with Crippen LogP contribution in [0.4, 0.5) is 0 Å². The summed E-state index contributed by atoms with van der Waals surface area (Å²) in [6, 6.07) is 3.63. The molecule has 1 fully saturated rings. The zero-order chi connectivity index (χ0) is 13.1. The maximum absolute atomic E-state index is 5.69. The molecular formula is C13H19ClN4O2. The summed E-state index contributed by atoms with van der Waals surface area (Å²) in [6.45, 7) is 3.57. The van der Waals surface area contributed by atoms with Gasteiger partial charge in [-0.3, -0.25) is 4.90 Å². The fraction of sp³-hybridized carbons (Fsp3) is 0.538.